The van der Waals surface area contributed by atoms with E-state index in [0.29, 0.717) is 48.7 Å². The first-order valence-electron chi connectivity index (χ1n) is 12.7. The molecule has 0 saturated carbocycles. The molecule has 0 N–H and O–H groups in total. The van der Waals surface area contributed by atoms with Crippen molar-refractivity contribution in [2.45, 2.75) is 50.0 Å². The van der Waals surface area contributed by atoms with Gasteiger partial charge >= 0.3 is 0 Å². The van der Waals surface area contributed by atoms with Gasteiger partial charge in [-0.3, -0.25) is 9.78 Å². The van der Waals surface area contributed by atoms with E-state index >= 15 is 0 Å². The largest absolute Gasteiger partial charge is 0.545 e. The second kappa shape index (κ2) is 10.2. The lowest BCUT2D eigenvalue weighted by Gasteiger charge is -2.32. The highest BCUT2D eigenvalue weighted by atomic mass is 32.2. The minimum atomic E-state index is -3.87. The van der Waals surface area contributed by atoms with Gasteiger partial charge < -0.3 is 14.8 Å². The number of rotatable bonds is 6. The first-order valence-corrected chi connectivity index (χ1v) is 14.2. The van der Waals surface area contributed by atoms with Crippen molar-refractivity contribution in [3.05, 3.63) is 70.9 Å². The molecule has 1 amide bonds. The van der Waals surface area contributed by atoms with Crippen molar-refractivity contribution in [2.75, 3.05) is 20.1 Å². The number of amides is 1. The summed E-state index contributed by atoms with van der Waals surface area (Å²) in [6.45, 7) is 0.964. The standard InChI is InChI=1S/C28H31N3O5S/c1-30(18-19-7-3-2-4-8-19)27(32)20-13-15-31(16-14-20)37(35,36)21-11-12-25-23(17-21)26(28(33)34)22-9-5-6-10-24(22)29-25/h2-4,7-8,11-12,17,20H,5-6,9-10,13-16,18H2,1H3,(H,33,34)/p-1. The van der Waals surface area contributed by atoms with Gasteiger partial charge in [-0.25, -0.2) is 8.42 Å². The number of aryl methyl sites for hydroxylation is 1. The van der Waals surface area contributed by atoms with E-state index in [1.54, 1.807) is 18.0 Å². The monoisotopic (exact) mass is 520 g/mol. The zero-order valence-electron chi connectivity index (χ0n) is 20.9. The van der Waals surface area contributed by atoms with E-state index in [2.05, 4.69) is 4.98 Å². The number of carboxylic acids is 1. The highest BCUT2D eigenvalue weighted by Crippen LogP contribution is 2.32. The lowest BCUT2D eigenvalue weighted by atomic mass is 9.90. The van der Waals surface area contributed by atoms with E-state index in [1.165, 1.54) is 16.4 Å². The van der Waals surface area contributed by atoms with Gasteiger partial charge in [0, 0.05) is 49.2 Å². The van der Waals surface area contributed by atoms with Crippen LogP contribution in [0.2, 0.25) is 0 Å². The van der Waals surface area contributed by atoms with E-state index in [9.17, 15) is 23.1 Å². The Morgan fingerprint density at radius 1 is 1.05 bits per heavy atom. The van der Waals surface area contributed by atoms with Gasteiger partial charge in [-0.1, -0.05) is 30.3 Å². The third kappa shape index (κ3) is 4.98. The minimum Gasteiger partial charge on any atom is -0.545 e. The number of carbonyl (C=O) groups is 2. The van der Waals surface area contributed by atoms with Gasteiger partial charge in [-0.15, -0.1) is 0 Å². The Morgan fingerprint density at radius 2 is 1.76 bits per heavy atom. The Bertz CT molecular complexity index is 1450. The van der Waals surface area contributed by atoms with E-state index in [0.717, 1.165) is 24.1 Å². The molecule has 1 saturated heterocycles. The van der Waals surface area contributed by atoms with Crippen LogP contribution in [0.5, 0.6) is 0 Å². The highest BCUT2D eigenvalue weighted by molar-refractivity contribution is 7.89. The molecule has 0 radical (unpaired) electrons. The van der Waals surface area contributed by atoms with Crippen LogP contribution in [-0.2, 0) is 34.2 Å². The fraction of sp³-hybridized carbons (Fsp3) is 0.393. The van der Waals surface area contributed by atoms with Crippen LogP contribution in [0.4, 0.5) is 0 Å². The molecule has 5 rings (SSSR count). The molecule has 3 aromatic rings. The van der Waals surface area contributed by atoms with Gasteiger partial charge in [-0.2, -0.15) is 4.31 Å². The van der Waals surface area contributed by atoms with Crippen molar-refractivity contribution >= 4 is 32.8 Å². The highest BCUT2D eigenvalue weighted by Gasteiger charge is 2.33. The summed E-state index contributed by atoms with van der Waals surface area (Å²) < 4.78 is 28.4. The summed E-state index contributed by atoms with van der Waals surface area (Å²) in [6.07, 6.45) is 3.99. The molecule has 0 spiro atoms. The molecule has 2 aliphatic rings. The average molecular weight is 521 g/mol. The quantitative estimate of drug-likeness (QED) is 0.494. The smallest absolute Gasteiger partial charge is 0.243 e. The van der Waals surface area contributed by atoms with Crippen LogP contribution in [0.3, 0.4) is 0 Å². The second-order valence-corrected chi connectivity index (χ2v) is 11.9. The molecule has 0 unspecified atom stereocenters. The average Bonchev–Trinajstić information content (AvgIpc) is 2.91. The number of nitrogens with zero attached hydrogens (tertiary/aromatic N) is 3. The SMILES string of the molecule is CN(Cc1ccccc1)C(=O)C1CCN(S(=O)(=O)c2ccc3nc4c(c(C(=O)[O-])c3c2)CCCC4)CC1. The molecule has 0 bridgehead atoms. The predicted octanol–water partition coefficient (Wildman–Crippen LogP) is 2.54. The Morgan fingerprint density at radius 3 is 2.46 bits per heavy atom. The number of aromatic carboxylic acids is 1. The molecule has 2 aromatic carbocycles. The molecule has 9 heteroatoms. The predicted molar refractivity (Wildman–Crippen MR) is 137 cm³/mol. The molecule has 8 nitrogen and oxygen atoms in total. The molecule has 1 aliphatic carbocycles. The summed E-state index contributed by atoms with van der Waals surface area (Å²) in [5, 5.41) is 12.4. The Hall–Kier alpha value is -3.30. The Labute approximate surface area is 217 Å². The lowest BCUT2D eigenvalue weighted by molar-refractivity contribution is -0.254. The maximum absolute atomic E-state index is 13.5. The first-order chi connectivity index (χ1) is 17.8. The zero-order chi connectivity index (χ0) is 26.2. The third-order valence-corrected chi connectivity index (χ3v) is 9.41. The summed E-state index contributed by atoms with van der Waals surface area (Å²) in [4.78, 5) is 31.4. The van der Waals surface area contributed by atoms with E-state index in [-0.39, 0.29) is 35.4 Å². The van der Waals surface area contributed by atoms with Crippen LogP contribution < -0.4 is 5.11 Å². The summed E-state index contributed by atoms with van der Waals surface area (Å²) in [5.41, 5.74) is 2.98. The minimum absolute atomic E-state index is 0.0149. The number of fused-ring (bicyclic) bond motifs is 2. The molecule has 1 aromatic heterocycles. The van der Waals surface area contributed by atoms with Gasteiger partial charge in [0.05, 0.1) is 16.4 Å². The number of hydrogen-bond donors (Lipinski definition) is 0. The molecule has 0 atom stereocenters. The Balaban J connectivity index is 1.34. The molecule has 1 aliphatic heterocycles. The number of pyridine rings is 1. The second-order valence-electron chi connectivity index (χ2n) is 9.94. The van der Waals surface area contributed by atoms with Gasteiger partial charge in [-0.05, 0) is 67.9 Å². The normalized spacial score (nSPS) is 16.9. The van der Waals surface area contributed by atoms with Crippen LogP contribution in [0.25, 0.3) is 10.9 Å². The molecular formula is C28H30N3O5S-. The van der Waals surface area contributed by atoms with Crippen LogP contribution >= 0.6 is 0 Å². The lowest BCUT2D eigenvalue weighted by Crippen LogP contribution is -2.43. The van der Waals surface area contributed by atoms with Crippen molar-refractivity contribution < 1.29 is 23.1 Å². The van der Waals surface area contributed by atoms with Gasteiger partial charge in [0.15, 0.2) is 0 Å². The first kappa shape index (κ1) is 25.4. The summed E-state index contributed by atoms with van der Waals surface area (Å²) in [5.74, 6) is -1.53. The fourth-order valence-corrected chi connectivity index (χ4v) is 7.03. The van der Waals surface area contributed by atoms with Crippen molar-refractivity contribution in [1.29, 1.82) is 0 Å². The fourth-order valence-electron chi connectivity index (χ4n) is 5.54. The molecular weight excluding hydrogens is 490 g/mol. The third-order valence-electron chi connectivity index (χ3n) is 7.52. The molecule has 37 heavy (non-hydrogen) atoms. The van der Waals surface area contributed by atoms with E-state index in [1.807, 2.05) is 30.3 Å². The Kier molecular flexibility index (Phi) is 7.00. The van der Waals surface area contributed by atoms with Crippen LogP contribution in [0, 0.1) is 5.92 Å². The van der Waals surface area contributed by atoms with Crippen molar-refractivity contribution in [3.63, 3.8) is 0 Å². The summed E-state index contributed by atoms with van der Waals surface area (Å²) in [6, 6.07) is 14.2. The summed E-state index contributed by atoms with van der Waals surface area (Å²) >= 11 is 0. The number of carbonyl (C=O) groups excluding carboxylic acids is 2. The van der Waals surface area contributed by atoms with Gasteiger partial charge in [0.25, 0.3) is 0 Å². The molecule has 2 heterocycles. The van der Waals surface area contributed by atoms with Gasteiger partial charge in [0.2, 0.25) is 15.9 Å². The number of carboxylic acid groups (broad SMARTS) is 1. The topological polar surface area (TPSA) is 111 Å². The van der Waals surface area contributed by atoms with Gasteiger partial charge in [0.1, 0.15) is 0 Å². The molecule has 194 valence electrons. The van der Waals surface area contributed by atoms with E-state index < -0.39 is 16.0 Å². The number of benzene rings is 2. The maximum atomic E-state index is 13.5. The number of hydrogen-bond acceptors (Lipinski definition) is 6. The number of sulfonamides is 1. The summed E-state index contributed by atoms with van der Waals surface area (Å²) in [7, 11) is -2.09. The van der Waals surface area contributed by atoms with Crippen molar-refractivity contribution in [3.8, 4) is 0 Å². The maximum Gasteiger partial charge on any atom is 0.243 e. The van der Waals surface area contributed by atoms with E-state index in [4.69, 9.17) is 0 Å². The van der Waals surface area contributed by atoms with Crippen LogP contribution in [0.15, 0.2) is 53.4 Å². The number of piperidine rings is 1. The number of aromatic nitrogens is 1. The van der Waals surface area contributed by atoms with Crippen LogP contribution in [-0.4, -0.2) is 54.6 Å². The van der Waals surface area contributed by atoms with Crippen molar-refractivity contribution in [1.82, 2.24) is 14.2 Å². The van der Waals surface area contributed by atoms with Crippen molar-refractivity contribution in [2.24, 2.45) is 5.92 Å². The molecule has 1 fully saturated rings. The zero-order valence-corrected chi connectivity index (χ0v) is 21.7. The van der Waals surface area contributed by atoms with Crippen LogP contribution in [0.1, 0.15) is 52.9 Å².